The fourth-order valence-corrected chi connectivity index (χ4v) is 1.40. The molecule has 14 heavy (non-hydrogen) atoms. The molecule has 0 spiro atoms. The van der Waals surface area contributed by atoms with Crippen LogP contribution < -0.4 is 11.5 Å². The van der Waals surface area contributed by atoms with Crippen LogP contribution in [-0.4, -0.2) is 16.0 Å². The van der Waals surface area contributed by atoms with Crippen molar-refractivity contribution in [2.24, 2.45) is 17.4 Å². The third kappa shape index (κ3) is 1.37. The number of rotatable bonds is 3. The molecule has 0 aromatic carbocycles. The Kier molecular flexibility index (Phi) is 1.81. The summed E-state index contributed by atoms with van der Waals surface area (Å²) < 4.78 is 4.91. The molecule has 1 atom stereocenters. The quantitative estimate of drug-likeness (QED) is 0.693. The Labute approximate surface area is 80.6 Å². The predicted octanol–water partition coefficient (Wildman–Crippen LogP) is -0.248. The van der Waals surface area contributed by atoms with Crippen LogP contribution in [0.25, 0.3) is 0 Å². The highest BCUT2D eigenvalue weighted by Gasteiger charge is 2.44. The molecule has 1 heterocycles. The highest BCUT2D eigenvalue weighted by molar-refractivity contribution is 5.88. The van der Waals surface area contributed by atoms with E-state index in [4.69, 9.17) is 16.0 Å². The monoisotopic (exact) mass is 196 g/mol. The van der Waals surface area contributed by atoms with Gasteiger partial charge in [0.25, 0.3) is 11.7 Å². The molecule has 6 nitrogen and oxygen atoms in total. The van der Waals surface area contributed by atoms with Crippen molar-refractivity contribution in [1.29, 1.82) is 0 Å². The van der Waals surface area contributed by atoms with Crippen molar-refractivity contribution in [1.82, 2.24) is 10.1 Å². The fraction of sp³-hybridized carbons (Fsp3) is 0.625. The van der Waals surface area contributed by atoms with E-state index in [0.717, 1.165) is 12.8 Å². The fourth-order valence-electron chi connectivity index (χ4n) is 1.40. The Bertz CT molecular complexity index is 367. The molecule has 1 aromatic heterocycles. The summed E-state index contributed by atoms with van der Waals surface area (Å²) in [7, 11) is 0. The number of hydrogen-bond acceptors (Lipinski definition) is 5. The molecule has 1 fully saturated rings. The molecular weight excluding hydrogens is 184 g/mol. The second kappa shape index (κ2) is 2.78. The molecule has 1 aliphatic rings. The van der Waals surface area contributed by atoms with Crippen LogP contribution in [0.1, 0.15) is 36.3 Å². The van der Waals surface area contributed by atoms with Gasteiger partial charge in [-0.3, -0.25) is 4.79 Å². The first-order valence-corrected chi connectivity index (χ1v) is 4.44. The number of nitrogens with zero attached hydrogens (tertiary/aromatic N) is 2. The molecule has 2 rings (SSSR count). The lowest BCUT2D eigenvalue weighted by molar-refractivity contribution is 0.0987. The van der Waals surface area contributed by atoms with Crippen LogP contribution in [0.2, 0.25) is 0 Å². The van der Waals surface area contributed by atoms with Crippen molar-refractivity contribution < 1.29 is 9.32 Å². The maximum Gasteiger partial charge on any atom is 0.290 e. The van der Waals surface area contributed by atoms with Gasteiger partial charge in [-0.2, -0.15) is 4.98 Å². The largest absolute Gasteiger partial charge is 0.363 e. The van der Waals surface area contributed by atoms with E-state index in [9.17, 15) is 4.79 Å². The van der Waals surface area contributed by atoms with E-state index in [1.807, 2.05) is 6.92 Å². The van der Waals surface area contributed by atoms with Gasteiger partial charge in [-0.25, -0.2) is 0 Å². The summed E-state index contributed by atoms with van der Waals surface area (Å²) in [5, 5.41) is 3.45. The van der Waals surface area contributed by atoms with Crippen molar-refractivity contribution in [3.05, 3.63) is 11.7 Å². The number of carbonyl (C=O) groups is 1. The molecule has 1 aromatic rings. The smallest absolute Gasteiger partial charge is 0.290 e. The first kappa shape index (κ1) is 9.14. The minimum Gasteiger partial charge on any atom is -0.363 e. The first-order valence-electron chi connectivity index (χ1n) is 4.44. The third-order valence-corrected chi connectivity index (χ3v) is 2.53. The number of primary amides is 1. The SMILES string of the molecule is CC(N)(c1nc(C(N)=O)no1)C1CC1. The average Bonchev–Trinajstić information content (AvgIpc) is 2.82. The molecule has 76 valence electrons. The number of nitrogens with two attached hydrogens (primary N) is 2. The Hall–Kier alpha value is -1.43. The topological polar surface area (TPSA) is 108 Å². The summed E-state index contributed by atoms with van der Waals surface area (Å²) >= 11 is 0. The van der Waals surface area contributed by atoms with Gasteiger partial charge in [0, 0.05) is 0 Å². The molecule has 1 saturated carbocycles. The highest BCUT2D eigenvalue weighted by Crippen LogP contribution is 2.43. The molecule has 1 aliphatic carbocycles. The lowest BCUT2D eigenvalue weighted by Crippen LogP contribution is -2.36. The van der Waals surface area contributed by atoms with Gasteiger partial charge in [-0.05, 0) is 25.7 Å². The summed E-state index contributed by atoms with van der Waals surface area (Å²) in [6, 6.07) is 0. The molecular formula is C8H12N4O2. The maximum atomic E-state index is 10.7. The van der Waals surface area contributed by atoms with Crippen LogP contribution >= 0.6 is 0 Å². The van der Waals surface area contributed by atoms with E-state index < -0.39 is 11.4 Å². The molecule has 4 N–H and O–H groups in total. The average molecular weight is 196 g/mol. The van der Waals surface area contributed by atoms with Gasteiger partial charge in [0.15, 0.2) is 0 Å². The van der Waals surface area contributed by atoms with Gasteiger partial charge >= 0.3 is 0 Å². The summed E-state index contributed by atoms with van der Waals surface area (Å²) in [4.78, 5) is 14.6. The van der Waals surface area contributed by atoms with Crippen molar-refractivity contribution in [2.45, 2.75) is 25.3 Å². The Balaban J connectivity index is 2.27. The molecule has 0 aliphatic heterocycles. The third-order valence-electron chi connectivity index (χ3n) is 2.53. The van der Waals surface area contributed by atoms with Gasteiger partial charge in [-0.1, -0.05) is 5.16 Å². The van der Waals surface area contributed by atoms with Crippen LogP contribution in [0, 0.1) is 5.92 Å². The van der Waals surface area contributed by atoms with Gasteiger partial charge in [-0.15, -0.1) is 0 Å². The van der Waals surface area contributed by atoms with E-state index >= 15 is 0 Å². The Morgan fingerprint density at radius 2 is 2.29 bits per heavy atom. The zero-order chi connectivity index (χ0) is 10.3. The van der Waals surface area contributed by atoms with Crippen molar-refractivity contribution in [3.63, 3.8) is 0 Å². The Morgan fingerprint density at radius 3 is 2.71 bits per heavy atom. The van der Waals surface area contributed by atoms with Crippen LogP contribution in [0.3, 0.4) is 0 Å². The van der Waals surface area contributed by atoms with Crippen molar-refractivity contribution in [2.75, 3.05) is 0 Å². The molecule has 0 radical (unpaired) electrons. The number of amides is 1. The van der Waals surface area contributed by atoms with Gasteiger partial charge < -0.3 is 16.0 Å². The minimum absolute atomic E-state index is 0.114. The van der Waals surface area contributed by atoms with E-state index in [2.05, 4.69) is 10.1 Å². The lowest BCUT2D eigenvalue weighted by Gasteiger charge is -2.18. The number of carbonyl (C=O) groups excluding carboxylic acids is 1. The van der Waals surface area contributed by atoms with Crippen LogP contribution in [0.5, 0.6) is 0 Å². The van der Waals surface area contributed by atoms with Gasteiger partial charge in [0.2, 0.25) is 5.89 Å². The lowest BCUT2D eigenvalue weighted by atomic mass is 9.97. The second-order valence-electron chi connectivity index (χ2n) is 3.84. The predicted molar refractivity (Wildman–Crippen MR) is 47.1 cm³/mol. The summed E-state index contributed by atoms with van der Waals surface area (Å²) in [6.07, 6.45) is 2.11. The van der Waals surface area contributed by atoms with Crippen LogP contribution in [-0.2, 0) is 5.54 Å². The van der Waals surface area contributed by atoms with Gasteiger partial charge in [0.1, 0.15) is 0 Å². The van der Waals surface area contributed by atoms with E-state index in [1.54, 1.807) is 0 Å². The molecule has 1 amide bonds. The zero-order valence-corrected chi connectivity index (χ0v) is 7.86. The van der Waals surface area contributed by atoms with Crippen molar-refractivity contribution in [3.8, 4) is 0 Å². The number of aromatic nitrogens is 2. The molecule has 0 bridgehead atoms. The minimum atomic E-state index is -0.702. The highest BCUT2D eigenvalue weighted by atomic mass is 16.5. The number of hydrogen-bond donors (Lipinski definition) is 2. The second-order valence-corrected chi connectivity index (χ2v) is 3.84. The Morgan fingerprint density at radius 1 is 1.64 bits per heavy atom. The first-order chi connectivity index (χ1) is 6.51. The standard InChI is InChI=1S/C8H12N4O2/c1-8(10,4-2-3-4)7-11-6(5(9)13)12-14-7/h4H,2-3,10H2,1H3,(H2,9,13). The zero-order valence-electron chi connectivity index (χ0n) is 7.86. The molecule has 6 heteroatoms. The van der Waals surface area contributed by atoms with E-state index in [0.29, 0.717) is 5.92 Å². The van der Waals surface area contributed by atoms with Crippen LogP contribution in [0.15, 0.2) is 4.52 Å². The normalized spacial score (nSPS) is 20.4. The molecule has 0 saturated heterocycles. The summed E-state index contributed by atoms with van der Waals surface area (Å²) in [6.45, 7) is 1.82. The summed E-state index contributed by atoms with van der Waals surface area (Å²) in [5.74, 6) is -0.165. The molecule has 1 unspecified atom stereocenters. The van der Waals surface area contributed by atoms with Crippen molar-refractivity contribution >= 4 is 5.91 Å². The van der Waals surface area contributed by atoms with Gasteiger partial charge in [0.05, 0.1) is 5.54 Å². The summed E-state index contributed by atoms with van der Waals surface area (Å²) in [5.41, 5.74) is 10.4. The van der Waals surface area contributed by atoms with E-state index in [1.165, 1.54) is 0 Å². The maximum absolute atomic E-state index is 10.7. The van der Waals surface area contributed by atoms with Crippen LogP contribution in [0.4, 0.5) is 0 Å². The van der Waals surface area contributed by atoms with E-state index in [-0.39, 0.29) is 11.7 Å².